The Labute approximate surface area is 125 Å². The van der Waals surface area contributed by atoms with Crippen molar-refractivity contribution in [1.29, 1.82) is 0 Å². The normalized spacial score (nSPS) is 22.5. The van der Waals surface area contributed by atoms with Gasteiger partial charge in [0, 0.05) is 5.75 Å². The van der Waals surface area contributed by atoms with Crippen molar-refractivity contribution in [2.24, 2.45) is 5.92 Å². The van der Waals surface area contributed by atoms with Crippen LogP contribution in [0.15, 0.2) is 0 Å². The minimum Gasteiger partial charge on any atom is -0.480 e. The van der Waals surface area contributed by atoms with Crippen LogP contribution < -0.4 is 5.73 Å². The monoisotopic (exact) mass is 315 g/mol. The number of anilines is 1. The summed E-state index contributed by atoms with van der Waals surface area (Å²) in [5.74, 6) is -0.659. The van der Waals surface area contributed by atoms with E-state index in [2.05, 4.69) is 4.98 Å². The largest absolute Gasteiger partial charge is 0.480 e. The van der Waals surface area contributed by atoms with Crippen LogP contribution in [-0.2, 0) is 4.79 Å². The van der Waals surface area contributed by atoms with Gasteiger partial charge >= 0.3 is 5.97 Å². The Morgan fingerprint density at radius 1 is 1.50 bits per heavy atom. The van der Waals surface area contributed by atoms with Crippen LogP contribution in [0, 0.1) is 12.8 Å². The Morgan fingerprint density at radius 2 is 2.15 bits per heavy atom. The molecule has 1 aliphatic heterocycles. The van der Waals surface area contributed by atoms with Crippen molar-refractivity contribution >= 4 is 40.1 Å². The van der Waals surface area contributed by atoms with Crippen molar-refractivity contribution in [3.8, 4) is 0 Å². The number of thiazole rings is 1. The molecule has 0 saturated carbocycles. The summed E-state index contributed by atoms with van der Waals surface area (Å²) in [4.78, 5) is 30.0. The molecule has 8 heteroatoms. The summed E-state index contributed by atoms with van der Waals surface area (Å²) in [7, 11) is 0. The summed E-state index contributed by atoms with van der Waals surface area (Å²) in [6.07, 6.45) is 0. The van der Waals surface area contributed by atoms with Crippen LogP contribution >= 0.6 is 23.1 Å². The number of amides is 1. The second kappa shape index (κ2) is 5.61. The summed E-state index contributed by atoms with van der Waals surface area (Å²) in [6, 6.07) is -0.789. The molecule has 1 aliphatic rings. The van der Waals surface area contributed by atoms with Crippen LogP contribution in [0.3, 0.4) is 0 Å². The number of aryl methyl sites for hydroxylation is 1. The van der Waals surface area contributed by atoms with Gasteiger partial charge in [-0.25, -0.2) is 9.78 Å². The fraction of sp³-hybridized carbons (Fsp3) is 0.583. The quantitative estimate of drug-likeness (QED) is 0.880. The van der Waals surface area contributed by atoms with E-state index in [1.807, 2.05) is 13.8 Å². The van der Waals surface area contributed by atoms with Gasteiger partial charge in [-0.05, 0) is 12.8 Å². The summed E-state index contributed by atoms with van der Waals surface area (Å²) in [5, 5.41) is 9.50. The number of thioether (sulfide) groups is 1. The van der Waals surface area contributed by atoms with Gasteiger partial charge in [0.15, 0.2) is 5.13 Å². The molecule has 2 rings (SSSR count). The number of carbonyl (C=O) groups excluding carboxylic acids is 1. The van der Waals surface area contributed by atoms with Gasteiger partial charge in [0.05, 0.1) is 11.1 Å². The van der Waals surface area contributed by atoms with Gasteiger partial charge in [-0.2, -0.15) is 0 Å². The molecule has 0 radical (unpaired) electrons. The lowest BCUT2D eigenvalue weighted by molar-refractivity contribution is -0.141. The van der Waals surface area contributed by atoms with Crippen LogP contribution in [-0.4, -0.2) is 44.0 Å². The van der Waals surface area contributed by atoms with E-state index < -0.39 is 12.0 Å². The molecule has 2 atom stereocenters. The highest BCUT2D eigenvalue weighted by Gasteiger charge is 2.43. The van der Waals surface area contributed by atoms with Crippen molar-refractivity contribution in [2.75, 3.05) is 11.5 Å². The lowest BCUT2D eigenvalue weighted by Gasteiger charge is -2.29. The second-order valence-corrected chi connectivity index (χ2v) is 7.18. The number of nitrogens with two attached hydrogens (primary N) is 1. The van der Waals surface area contributed by atoms with Crippen molar-refractivity contribution in [3.63, 3.8) is 0 Å². The average molecular weight is 315 g/mol. The number of aromatic nitrogens is 1. The molecular weight excluding hydrogens is 298 g/mol. The molecule has 0 bridgehead atoms. The number of carboxylic acids is 1. The topological polar surface area (TPSA) is 96.5 Å². The SMILES string of the molecule is Cc1nc(N)sc1C(=O)N1C(C(=O)O)CSC1C(C)C. The summed E-state index contributed by atoms with van der Waals surface area (Å²) in [6.45, 7) is 5.68. The number of nitrogen functional groups attached to an aromatic ring is 1. The minimum absolute atomic E-state index is 0.133. The lowest BCUT2D eigenvalue weighted by atomic mass is 10.1. The summed E-state index contributed by atoms with van der Waals surface area (Å²) in [5.41, 5.74) is 6.18. The van der Waals surface area contributed by atoms with E-state index >= 15 is 0 Å². The number of nitrogens with zero attached hydrogens (tertiary/aromatic N) is 2. The predicted molar refractivity (Wildman–Crippen MR) is 79.9 cm³/mol. The zero-order chi connectivity index (χ0) is 15.0. The molecule has 0 aromatic carbocycles. The predicted octanol–water partition coefficient (Wildman–Crippen LogP) is 1.66. The van der Waals surface area contributed by atoms with Gasteiger partial charge < -0.3 is 15.7 Å². The van der Waals surface area contributed by atoms with Gasteiger partial charge in [-0.3, -0.25) is 4.79 Å². The zero-order valence-corrected chi connectivity index (χ0v) is 13.1. The maximum Gasteiger partial charge on any atom is 0.327 e. The summed E-state index contributed by atoms with van der Waals surface area (Å²) >= 11 is 2.62. The van der Waals surface area contributed by atoms with Crippen molar-refractivity contribution < 1.29 is 14.7 Å². The second-order valence-electron chi connectivity index (χ2n) is 5.00. The van der Waals surface area contributed by atoms with Crippen LogP contribution in [0.4, 0.5) is 5.13 Å². The van der Waals surface area contributed by atoms with Crippen LogP contribution in [0.25, 0.3) is 0 Å². The lowest BCUT2D eigenvalue weighted by Crippen LogP contribution is -2.47. The first-order chi connectivity index (χ1) is 9.32. The van der Waals surface area contributed by atoms with Gasteiger partial charge in [0.1, 0.15) is 10.9 Å². The van der Waals surface area contributed by atoms with E-state index in [4.69, 9.17) is 5.73 Å². The number of hydrogen-bond donors (Lipinski definition) is 2. The van der Waals surface area contributed by atoms with Gasteiger partial charge in [0.2, 0.25) is 0 Å². The van der Waals surface area contributed by atoms with Gasteiger partial charge in [-0.1, -0.05) is 25.2 Å². The average Bonchev–Trinajstić information content (AvgIpc) is 2.91. The number of aliphatic carboxylic acids is 1. The fourth-order valence-corrected chi connectivity index (χ4v) is 4.47. The minimum atomic E-state index is -0.968. The third-order valence-corrected chi connectivity index (χ3v) is 5.73. The molecule has 2 heterocycles. The van der Waals surface area contributed by atoms with E-state index in [-0.39, 0.29) is 17.2 Å². The summed E-state index contributed by atoms with van der Waals surface area (Å²) < 4.78 is 0. The van der Waals surface area contributed by atoms with Crippen molar-refractivity contribution in [2.45, 2.75) is 32.2 Å². The molecule has 1 saturated heterocycles. The zero-order valence-electron chi connectivity index (χ0n) is 11.5. The standard InChI is InChI=1S/C12H17N3O3S2/c1-5(2)10-15(7(4-19-10)11(17)18)9(16)8-6(3)14-12(13)20-8/h5,7,10H,4H2,1-3H3,(H2,13,14)(H,17,18). The van der Waals surface area contributed by atoms with E-state index in [0.29, 0.717) is 21.5 Å². The van der Waals surface area contributed by atoms with E-state index in [9.17, 15) is 14.7 Å². The maximum atomic E-state index is 12.7. The van der Waals surface area contributed by atoms with Crippen molar-refractivity contribution in [1.82, 2.24) is 9.88 Å². The number of carboxylic acid groups (broad SMARTS) is 1. The number of carbonyl (C=O) groups is 2. The van der Waals surface area contributed by atoms with E-state index in [0.717, 1.165) is 11.3 Å². The molecule has 1 aromatic heterocycles. The highest BCUT2D eigenvalue weighted by atomic mass is 32.2. The molecule has 110 valence electrons. The Hall–Kier alpha value is -1.28. The first-order valence-electron chi connectivity index (χ1n) is 6.23. The Bertz CT molecular complexity index is 544. The van der Waals surface area contributed by atoms with Gasteiger partial charge in [-0.15, -0.1) is 11.8 Å². The number of hydrogen-bond acceptors (Lipinski definition) is 6. The maximum absolute atomic E-state index is 12.7. The molecule has 20 heavy (non-hydrogen) atoms. The highest BCUT2D eigenvalue weighted by Crippen LogP contribution is 2.36. The molecular formula is C12H17N3O3S2. The fourth-order valence-electron chi connectivity index (χ4n) is 2.22. The third kappa shape index (κ3) is 2.62. The third-order valence-electron chi connectivity index (χ3n) is 3.13. The Kier molecular flexibility index (Phi) is 4.24. The number of rotatable bonds is 3. The molecule has 6 nitrogen and oxygen atoms in total. The van der Waals surface area contributed by atoms with Crippen LogP contribution in [0.2, 0.25) is 0 Å². The molecule has 1 amide bonds. The highest BCUT2D eigenvalue weighted by molar-refractivity contribution is 8.00. The first kappa shape index (κ1) is 15.1. The molecule has 1 fully saturated rings. The smallest absolute Gasteiger partial charge is 0.327 e. The Morgan fingerprint density at radius 3 is 2.60 bits per heavy atom. The van der Waals surface area contributed by atoms with Crippen LogP contribution in [0.5, 0.6) is 0 Å². The van der Waals surface area contributed by atoms with E-state index in [1.165, 1.54) is 16.7 Å². The van der Waals surface area contributed by atoms with E-state index in [1.54, 1.807) is 6.92 Å². The molecule has 1 aromatic rings. The first-order valence-corrected chi connectivity index (χ1v) is 8.09. The van der Waals surface area contributed by atoms with Crippen LogP contribution in [0.1, 0.15) is 29.2 Å². The Balaban J connectivity index is 2.37. The van der Waals surface area contributed by atoms with Crippen molar-refractivity contribution in [3.05, 3.63) is 10.6 Å². The molecule has 3 N–H and O–H groups in total. The molecule has 0 aliphatic carbocycles. The molecule has 2 unspecified atom stereocenters. The molecule has 0 spiro atoms. The van der Waals surface area contributed by atoms with Gasteiger partial charge in [0.25, 0.3) is 5.91 Å².